The van der Waals surface area contributed by atoms with Crippen LogP contribution in [0.3, 0.4) is 0 Å². The molecule has 316 valence electrons. The van der Waals surface area contributed by atoms with Crippen molar-refractivity contribution in [3.8, 4) is 0 Å². The van der Waals surface area contributed by atoms with Gasteiger partial charge in [0.2, 0.25) is 0 Å². The van der Waals surface area contributed by atoms with Crippen LogP contribution in [0.4, 0.5) is 0 Å². The minimum absolute atomic E-state index is 0.0483. The first kappa shape index (κ1) is 52.0. The number of likely N-dealkylation sites (N-methyl/N-ethyl adjacent to an activating group) is 1. The molecule has 0 aromatic heterocycles. The number of aliphatic carboxylic acids is 1. The van der Waals surface area contributed by atoms with Crippen LogP contribution in [0.2, 0.25) is 0 Å². The van der Waals surface area contributed by atoms with Gasteiger partial charge < -0.3 is 23.8 Å². The Morgan fingerprint density at radius 3 is 1.51 bits per heavy atom. The molecule has 0 radical (unpaired) electrons. The van der Waals surface area contributed by atoms with E-state index in [0.29, 0.717) is 19.3 Å². The number of carbonyl (C=O) groups excluding carboxylic acids is 2. The molecule has 0 rings (SSSR count). The average Bonchev–Trinajstić information content (AvgIpc) is 3.14. The number of rotatable bonds is 38. The van der Waals surface area contributed by atoms with E-state index >= 15 is 0 Å². The van der Waals surface area contributed by atoms with E-state index in [1.54, 1.807) is 0 Å². The maximum absolute atomic E-state index is 12.7. The number of carbonyl (C=O) groups is 3. The van der Waals surface area contributed by atoms with Crippen LogP contribution in [0.15, 0.2) is 60.8 Å². The third-order valence-electron chi connectivity index (χ3n) is 9.40. The Balaban J connectivity index is 4.40. The van der Waals surface area contributed by atoms with E-state index in [4.69, 9.17) is 14.2 Å². The second-order valence-electron chi connectivity index (χ2n) is 15.6. The van der Waals surface area contributed by atoms with E-state index < -0.39 is 18.1 Å². The van der Waals surface area contributed by atoms with Gasteiger partial charge in [-0.05, 0) is 77.0 Å². The van der Waals surface area contributed by atoms with Crippen molar-refractivity contribution in [3.05, 3.63) is 60.8 Å². The van der Waals surface area contributed by atoms with Gasteiger partial charge in [-0.25, -0.2) is 4.79 Å². The van der Waals surface area contributed by atoms with Crippen molar-refractivity contribution in [2.75, 3.05) is 41.0 Å². The standard InChI is InChI=1S/C47H81NO7/c1-6-8-10-12-14-16-18-20-22-23-24-26-28-30-32-34-36-38-46(50)55-43(41-53-40-39-44(47(51)52)48(3,4)5)42-54-45(49)37-35-33-31-29-27-25-21-19-17-15-13-11-9-7-2/h9,11,14-17,20-22,25,43-44H,6-8,10,12-13,18-19,23-24,26-42H2,1-5H3/p+1/b11-9+,16-14+,17-15+,22-20+,25-21+. The summed E-state index contributed by atoms with van der Waals surface area (Å²) in [6.07, 6.45) is 45.4. The number of esters is 2. The minimum atomic E-state index is -0.882. The number of carboxylic acid groups (broad SMARTS) is 1. The zero-order valence-corrected chi connectivity index (χ0v) is 35.9. The molecule has 0 aromatic rings. The second kappa shape index (κ2) is 37.9. The summed E-state index contributed by atoms with van der Waals surface area (Å²) in [6.45, 7) is 4.55. The first-order valence-electron chi connectivity index (χ1n) is 21.8. The molecule has 1 N–H and O–H groups in total. The third-order valence-corrected chi connectivity index (χ3v) is 9.40. The van der Waals surface area contributed by atoms with Gasteiger partial charge in [0, 0.05) is 19.3 Å². The molecule has 55 heavy (non-hydrogen) atoms. The number of ether oxygens (including phenoxy) is 3. The lowest BCUT2D eigenvalue weighted by Gasteiger charge is -2.31. The van der Waals surface area contributed by atoms with Crippen LogP contribution in [0.25, 0.3) is 0 Å². The molecule has 2 unspecified atom stereocenters. The molecule has 0 heterocycles. The van der Waals surface area contributed by atoms with Gasteiger partial charge >= 0.3 is 17.9 Å². The Labute approximate surface area is 337 Å². The number of unbranched alkanes of at least 4 members (excludes halogenated alkanes) is 14. The van der Waals surface area contributed by atoms with Crippen LogP contribution in [0, 0.1) is 0 Å². The molecular formula is C47H82NO7+. The Kier molecular flexibility index (Phi) is 35.9. The summed E-state index contributed by atoms with van der Waals surface area (Å²) < 4.78 is 17.2. The quantitative estimate of drug-likeness (QED) is 0.0289. The number of hydrogen-bond donors (Lipinski definition) is 1. The molecule has 0 bridgehead atoms. The third kappa shape index (κ3) is 36.4. The normalized spacial score (nSPS) is 13.5. The summed E-state index contributed by atoms with van der Waals surface area (Å²) in [5.74, 6) is -1.51. The fraction of sp³-hybridized carbons (Fsp3) is 0.723. The lowest BCUT2D eigenvalue weighted by atomic mass is 10.1. The van der Waals surface area contributed by atoms with E-state index in [2.05, 4.69) is 74.6 Å². The van der Waals surface area contributed by atoms with Crippen molar-refractivity contribution in [2.24, 2.45) is 0 Å². The van der Waals surface area contributed by atoms with Crippen LogP contribution in [-0.2, 0) is 28.6 Å². The monoisotopic (exact) mass is 773 g/mol. The first-order valence-corrected chi connectivity index (χ1v) is 21.8. The molecule has 8 heteroatoms. The summed E-state index contributed by atoms with van der Waals surface area (Å²) in [5.41, 5.74) is 0. The van der Waals surface area contributed by atoms with E-state index in [1.165, 1.54) is 51.4 Å². The molecule has 2 atom stereocenters. The van der Waals surface area contributed by atoms with Crippen LogP contribution in [0.5, 0.6) is 0 Å². The number of quaternary nitrogens is 1. The highest BCUT2D eigenvalue weighted by Crippen LogP contribution is 2.13. The van der Waals surface area contributed by atoms with Crippen molar-refractivity contribution in [3.63, 3.8) is 0 Å². The van der Waals surface area contributed by atoms with E-state index in [0.717, 1.165) is 83.5 Å². The highest BCUT2D eigenvalue weighted by atomic mass is 16.6. The van der Waals surface area contributed by atoms with Gasteiger partial charge in [-0.1, -0.05) is 132 Å². The fourth-order valence-corrected chi connectivity index (χ4v) is 6.02. The van der Waals surface area contributed by atoms with Crippen LogP contribution in [0.1, 0.15) is 168 Å². The van der Waals surface area contributed by atoms with Gasteiger partial charge in [0.1, 0.15) is 6.61 Å². The van der Waals surface area contributed by atoms with E-state index in [-0.39, 0.29) is 36.2 Å². The summed E-state index contributed by atoms with van der Waals surface area (Å²) in [4.78, 5) is 36.9. The van der Waals surface area contributed by atoms with Crippen molar-refractivity contribution < 1.29 is 38.2 Å². The molecule has 0 aliphatic rings. The Morgan fingerprint density at radius 2 is 1.02 bits per heavy atom. The predicted molar refractivity (Wildman–Crippen MR) is 229 cm³/mol. The number of nitrogens with zero attached hydrogens (tertiary/aromatic N) is 1. The van der Waals surface area contributed by atoms with E-state index in [1.807, 2.05) is 21.1 Å². The molecule has 0 saturated carbocycles. The Hall–Kier alpha value is -2.97. The first-order chi connectivity index (χ1) is 26.6. The Bertz CT molecular complexity index is 1090. The zero-order valence-electron chi connectivity index (χ0n) is 35.9. The van der Waals surface area contributed by atoms with Crippen molar-refractivity contribution in [1.29, 1.82) is 0 Å². The molecule has 0 aliphatic carbocycles. The van der Waals surface area contributed by atoms with E-state index in [9.17, 15) is 19.5 Å². The molecule has 0 fully saturated rings. The summed E-state index contributed by atoms with van der Waals surface area (Å²) >= 11 is 0. The molecule has 0 spiro atoms. The maximum Gasteiger partial charge on any atom is 0.362 e. The SMILES string of the molecule is CC/C=C/C/C=C/C/C=C/CCCCCCC(=O)OCC(COCCC(C(=O)O)[N+](C)(C)C)OC(=O)CCCCCCCCC/C=C/C/C=C/CCCCC. The van der Waals surface area contributed by atoms with Crippen molar-refractivity contribution in [1.82, 2.24) is 0 Å². The number of allylic oxidation sites excluding steroid dienone is 10. The summed E-state index contributed by atoms with van der Waals surface area (Å²) in [6, 6.07) is -0.621. The fourth-order valence-electron chi connectivity index (χ4n) is 6.02. The average molecular weight is 773 g/mol. The van der Waals surface area contributed by atoms with Crippen molar-refractivity contribution >= 4 is 17.9 Å². The highest BCUT2D eigenvalue weighted by Gasteiger charge is 2.31. The lowest BCUT2D eigenvalue weighted by molar-refractivity contribution is -0.887. The number of carboxylic acids is 1. The molecule has 0 aliphatic heterocycles. The van der Waals surface area contributed by atoms with Crippen LogP contribution in [-0.4, -0.2) is 80.6 Å². The smallest absolute Gasteiger partial charge is 0.362 e. The minimum Gasteiger partial charge on any atom is -0.477 e. The largest absolute Gasteiger partial charge is 0.477 e. The molecule has 0 saturated heterocycles. The maximum atomic E-state index is 12.7. The van der Waals surface area contributed by atoms with Gasteiger partial charge in [-0.15, -0.1) is 0 Å². The summed E-state index contributed by atoms with van der Waals surface area (Å²) in [5, 5.41) is 9.61. The molecular weight excluding hydrogens is 691 g/mol. The molecule has 0 aromatic carbocycles. The van der Waals surface area contributed by atoms with Crippen LogP contribution >= 0.6 is 0 Å². The van der Waals surface area contributed by atoms with Gasteiger partial charge in [0.15, 0.2) is 12.1 Å². The summed E-state index contributed by atoms with van der Waals surface area (Å²) in [7, 11) is 5.51. The van der Waals surface area contributed by atoms with Crippen LogP contribution < -0.4 is 0 Å². The van der Waals surface area contributed by atoms with Gasteiger partial charge in [0.05, 0.1) is 34.4 Å². The Morgan fingerprint density at radius 1 is 0.564 bits per heavy atom. The second-order valence-corrected chi connectivity index (χ2v) is 15.6. The zero-order chi connectivity index (χ0) is 40.7. The van der Waals surface area contributed by atoms with Gasteiger partial charge in [0.25, 0.3) is 0 Å². The van der Waals surface area contributed by atoms with Crippen molar-refractivity contribution in [2.45, 2.75) is 180 Å². The number of hydrogen-bond acceptors (Lipinski definition) is 6. The highest BCUT2D eigenvalue weighted by molar-refractivity contribution is 5.72. The molecule has 0 amide bonds. The molecule has 8 nitrogen and oxygen atoms in total. The lowest BCUT2D eigenvalue weighted by Crippen LogP contribution is -2.50. The van der Waals surface area contributed by atoms with Gasteiger partial charge in [-0.3, -0.25) is 9.59 Å². The predicted octanol–water partition coefficient (Wildman–Crippen LogP) is 11.8. The topological polar surface area (TPSA) is 99.1 Å². The van der Waals surface area contributed by atoms with Gasteiger partial charge in [-0.2, -0.15) is 0 Å².